The highest BCUT2D eigenvalue weighted by Crippen LogP contribution is 2.16. The van der Waals surface area contributed by atoms with Gasteiger partial charge >= 0.3 is 0 Å². The molecule has 4 rings (SSSR count). The van der Waals surface area contributed by atoms with Crippen molar-refractivity contribution in [1.29, 1.82) is 0 Å². The molecule has 9 nitrogen and oxygen atoms in total. The van der Waals surface area contributed by atoms with Crippen LogP contribution >= 0.6 is 0 Å². The van der Waals surface area contributed by atoms with Gasteiger partial charge in [0.15, 0.2) is 11.5 Å². The van der Waals surface area contributed by atoms with Gasteiger partial charge in [-0.15, -0.1) is 0 Å². The van der Waals surface area contributed by atoms with Gasteiger partial charge in [0.05, 0.1) is 11.8 Å². The fraction of sp³-hybridized carbons (Fsp3) is 0.227. The number of halogens is 1. The Hall–Kier alpha value is -4.08. The molecule has 3 heterocycles. The van der Waals surface area contributed by atoms with Crippen LogP contribution in [0, 0.1) is 5.82 Å². The molecular formula is C22H20FN5O4. The molecule has 1 fully saturated rings. The summed E-state index contributed by atoms with van der Waals surface area (Å²) in [6.07, 6.45) is 6.50. The van der Waals surface area contributed by atoms with Crippen LogP contribution in [0.1, 0.15) is 44.0 Å². The van der Waals surface area contributed by atoms with Gasteiger partial charge in [-0.25, -0.2) is 14.4 Å². The summed E-state index contributed by atoms with van der Waals surface area (Å²) in [5, 5.41) is 5.45. The molecule has 3 amide bonds. The predicted octanol–water partition coefficient (Wildman–Crippen LogP) is 2.50. The van der Waals surface area contributed by atoms with Crippen molar-refractivity contribution in [1.82, 2.24) is 20.2 Å². The number of aromatic nitrogens is 2. The van der Waals surface area contributed by atoms with E-state index in [9.17, 15) is 18.8 Å². The molecule has 0 spiro atoms. The molecule has 164 valence electrons. The number of anilines is 1. The highest BCUT2D eigenvalue weighted by molar-refractivity contribution is 6.07. The van der Waals surface area contributed by atoms with Crippen LogP contribution in [0.25, 0.3) is 0 Å². The van der Waals surface area contributed by atoms with Gasteiger partial charge in [-0.05, 0) is 43.2 Å². The maximum absolute atomic E-state index is 13.1. The van der Waals surface area contributed by atoms with Crippen LogP contribution in [-0.4, -0.2) is 51.7 Å². The minimum atomic E-state index is -0.471. The van der Waals surface area contributed by atoms with Gasteiger partial charge in [0, 0.05) is 37.1 Å². The number of nitrogens with one attached hydrogen (secondary N) is 2. The van der Waals surface area contributed by atoms with Crippen molar-refractivity contribution in [2.24, 2.45) is 0 Å². The van der Waals surface area contributed by atoms with E-state index in [-0.39, 0.29) is 23.5 Å². The Bertz CT molecular complexity index is 1110. The number of benzene rings is 1. The van der Waals surface area contributed by atoms with Gasteiger partial charge in [0.2, 0.25) is 0 Å². The van der Waals surface area contributed by atoms with Crippen molar-refractivity contribution >= 4 is 23.5 Å². The third-order valence-corrected chi connectivity index (χ3v) is 5.14. The second-order valence-corrected chi connectivity index (χ2v) is 7.27. The molecule has 0 saturated carbocycles. The summed E-state index contributed by atoms with van der Waals surface area (Å²) in [7, 11) is 0. The average molecular weight is 437 g/mol. The first-order valence-electron chi connectivity index (χ1n) is 10.0. The van der Waals surface area contributed by atoms with Crippen LogP contribution in [0.5, 0.6) is 0 Å². The molecule has 3 aromatic rings. The van der Waals surface area contributed by atoms with Crippen LogP contribution in [0.3, 0.4) is 0 Å². The molecule has 0 radical (unpaired) electrons. The Labute approximate surface area is 182 Å². The number of amides is 3. The van der Waals surface area contributed by atoms with Crippen LogP contribution in [0.2, 0.25) is 0 Å². The van der Waals surface area contributed by atoms with E-state index in [4.69, 9.17) is 4.42 Å². The Kier molecular flexibility index (Phi) is 6.20. The minimum absolute atomic E-state index is 0.00540. The molecule has 1 aliphatic heterocycles. The number of carbonyl (C=O) groups is 3. The first-order valence-corrected chi connectivity index (χ1v) is 10.0. The fourth-order valence-corrected chi connectivity index (χ4v) is 3.42. The molecule has 2 aromatic heterocycles. The summed E-state index contributed by atoms with van der Waals surface area (Å²) in [6.45, 7) is 0.900. The third-order valence-electron chi connectivity index (χ3n) is 5.14. The van der Waals surface area contributed by atoms with Gasteiger partial charge in [-0.3, -0.25) is 14.4 Å². The summed E-state index contributed by atoms with van der Waals surface area (Å²) >= 11 is 0. The molecule has 32 heavy (non-hydrogen) atoms. The lowest BCUT2D eigenvalue weighted by Gasteiger charge is -2.32. The SMILES string of the molecule is O=C(Nc1nccnc1C(=O)NC1CCN(C(=O)c2ccc(F)cc2)CC1)c1ccoc1. The Morgan fingerprint density at radius 2 is 1.69 bits per heavy atom. The first kappa shape index (κ1) is 21.2. The smallest absolute Gasteiger partial charge is 0.273 e. The fourth-order valence-electron chi connectivity index (χ4n) is 3.42. The van der Waals surface area contributed by atoms with E-state index in [1.807, 2.05) is 0 Å². The highest BCUT2D eigenvalue weighted by atomic mass is 19.1. The summed E-state index contributed by atoms with van der Waals surface area (Å²) in [6, 6.07) is 6.75. The normalized spacial score (nSPS) is 14.1. The minimum Gasteiger partial charge on any atom is -0.472 e. The van der Waals surface area contributed by atoms with E-state index in [0.717, 1.165) is 0 Å². The zero-order chi connectivity index (χ0) is 22.5. The number of carbonyl (C=O) groups excluding carboxylic acids is 3. The van der Waals surface area contributed by atoms with E-state index >= 15 is 0 Å². The topological polar surface area (TPSA) is 117 Å². The van der Waals surface area contributed by atoms with E-state index in [2.05, 4.69) is 20.6 Å². The lowest BCUT2D eigenvalue weighted by molar-refractivity contribution is 0.0697. The number of hydrogen-bond acceptors (Lipinski definition) is 6. The number of rotatable bonds is 5. The first-order chi connectivity index (χ1) is 15.5. The summed E-state index contributed by atoms with van der Waals surface area (Å²) < 4.78 is 18.0. The molecule has 1 saturated heterocycles. The van der Waals surface area contributed by atoms with Crippen LogP contribution in [0.15, 0.2) is 59.7 Å². The van der Waals surface area contributed by atoms with Gasteiger partial charge in [-0.2, -0.15) is 0 Å². The Morgan fingerprint density at radius 3 is 2.38 bits per heavy atom. The molecule has 0 bridgehead atoms. The average Bonchev–Trinajstić information content (AvgIpc) is 3.35. The molecule has 0 unspecified atom stereocenters. The maximum Gasteiger partial charge on any atom is 0.273 e. The molecule has 0 atom stereocenters. The van der Waals surface area contributed by atoms with Gasteiger partial charge in [-0.1, -0.05) is 0 Å². The Balaban J connectivity index is 1.35. The quantitative estimate of drug-likeness (QED) is 0.633. The van der Waals surface area contributed by atoms with Crippen molar-refractivity contribution in [3.05, 3.63) is 77.9 Å². The number of furan rings is 1. The standard InChI is InChI=1S/C22H20FN5O4/c23-16-3-1-14(2-4-16)22(31)28-10-5-17(6-11-28)26-21(30)18-19(25-9-8-24-18)27-20(29)15-7-12-32-13-15/h1-4,7-9,12-13,17H,5-6,10-11H2,(H,26,30)(H,25,27,29). The molecule has 1 aliphatic rings. The predicted molar refractivity (Wildman–Crippen MR) is 111 cm³/mol. The van der Waals surface area contributed by atoms with Gasteiger partial charge in [0.25, 0.3) is 17.7 Å². The largest absolute Gasteiger partial charge is 0.472 e. The van der Waals surface area contributed by atoms with E-state index in [1.165, 1.54) is 55.3 Å². The molecule has 2 N–H and O–H groups in total. The lowest BCUT2D eigenvalue weighted by atomic mass is 10.0. The number of piperidine rings is 1. The third kappa shape index (κ3) is 4.80. The molecule has 0 aliphatic carbocycles. The van der Waals surface area contributed by atoms with Crippen molar-refractivity contribution in [2.75, 3.05) is 18.4 Å². The lowest BCUT2D eigenvalue weighted by Crippen LogP contribution is -2.46. The van der Waals surface area contributed by atoms with Gasteiger partial charge < -0.3 is 20.0 Å². The second kappa shape index (κ2) is 9.38. The van der Waals surface area contributed by atoms with Crippen molar-refractivity contribution in [3.8, 4) is 0 Å². The molecule has 10 heteroatoms. The van der Waals surface area contributed by atoms with Crippen LogP contribution in [-0.2, 0) is 0 Å². The van der Waals surface area contributed by atoms with Crippen molar-refractivity contribution in [2.45, 2.75) is 18.9 Å². The molecule has 1 aromatic carbocycles. The van der Waals surface area contributed by atoms with Gasteiger partial charge in [0.1, 0.15) is 12.1 Å². The van der Waals surface area contributed by atoms with E-state index in [1.54, 1.807) is 4.90 Å². The zero-order valence-electron chi connectivity index (χ0n) is 17.0. The number of nitrogens with zero attached hydrogens (tertiary/aromatic N) is 3. The van der Waals surface area contributed by atoms with Crippen molar-refractivity contribution in [3.63, 3.8) is 0 Å². The summed E-state index contributed by atoms with van der Waals surface area (Å²) in [5.74, 6) is -1.47. The number of hydrogen-bond donors (Lipinski definition) is 2. The zero-order valence-corrected chi connectivity index (χ0v) is 17.0. The van der Waals surface area contributed by atoms with E-state index in [0.29, 0.717) is 37.1 Å². The molecular weight excluding hydrogens is 417 g/mol. The summed E-state index contributed by atoms with van der Waals surface area (Å²) in [5.41, 5.74) is 0.709. The maximum atomic E-state index is 13.1. The van der Waals surface area contributed by atoms with Crippen LogP contribution in [0.4, 0.5) is 10.2 Å². The van der Waals surface area contributed by atoms with E-state index < -0.39 is 17.6 Å². The summed E-state index contributed by atoms with van der Waals surface area (Å²) in [4.78, 5) is 47.4. The van der Waals surface area contributed by atoms with Crippen LogP contribution < -0.4 is 10.6 Å². The van der Waals surface area contributed by atoms with Crippen molar-refractivity contribution < 1.29 is 23.2 Å². The number of likely N-dealkylation sites (tertiary alicyclic amines) is 1. The Morgan fingerprint density at radius 1 is 0.969 bits per heavy atom. The second-order valence-electron chi connectivity index (χ2n) is 7.27. The highest BCUT2D eigenvalue weighted by Gasteiger charge is 2.26. The monoisotopic (exact) mass is 437 g/mol.